The van der Waals surface area contributed by atoms with Crippen molar-refractivity contribution in [3.8, 4) is 5.69 Å². The fraction of sp³-hybridized carbons (Fsp3) is 0.111. The van der Waals surface area contributed by atoms with Gasteiger partial charge in [0.25, 0.3) is 5.91 Å². The Bertz CT molecular complexity index is 787. The summed E-state index contributed by atoms with van der Waals surface area (Å²) in [5, 5.41) is 6.26. The van der Waals surface area contributed by atoms with Gasteiger partial charge in [0.1, 0.15) is 0 Å². The fourth-order valence-electron chi connectivity index (χ4n) is 2.23. The number of nitrogens with zero attached hydrogens (tertiary/aromatic N) is 2. The van der Waals surface area contributed by atoms with Crippen molar-refractivity contribution in [2.75, 3.05) is 0 Å². The number of thiophene rings is 1. The normalized spacial score (nSPS) is 11.4. The molecule has 1 N–H and O–H groups in total. The van der Waals surface area contributed by atoms with Crippen molar-refractivity contribution in [1.82, 2.24) is 9.99 Å². The molecule has 0 fully saturated rings. The van der Waals surface area contributed by atoms with E-state index >= 15 is 0 Å². The highest BCUT2D eigenvalue weighted by Gasteiger charge is 2.07. The van der Waals surface area contributed by atoms with E-state index in [-0.39, 0.29) is 5.91 Å². The molecule has 0 atom stereocenters. The van der Waals surface area contributed by atoms with Gasteiger partial charge in [-0.25, -0.2) is 5.43 Å². The van der Waals surface area contributed by atoms with Crippen LogP contribution in [0.1, 0.15) is 28.6 Å². The SMILES string of the molecule is CCC(=NNC(=O)c1ccc(-n2cccc2)cc1)c1cccs1. The second-order valence-corrected chi connectivity index (χ2v) is 5.92. The molecule has 4 nitrogen and oxygen atoms in total. The summed E-state index contributed by atoms with van der Waals surface area (Å²) in [4.78, 5) is 13.3. The molecule has 0 radical (unpaired) electrons. The molecule has 0 spiro atoms. The van der Waals surface area contributed by atoms with Gasteiger partial charge in [-0.15, -0.1) is 11.3 Å². The molecule has 0 aliphatic rings. The van der Waals surface area contributed by atoms with Crippen molar-refractivity contribution in [3.05, 3.63) is 76.7 Å². The van der Waals surface area contributed by atoms with Gasteiger partial charge >= 0.3 is 0 Å². The lowest BCUT2D eigenvalue weighted by molar-refractivity contribution is 0.0955. The van der Waals surface area contributed by atoms with Crippen LogP contribution in [0.4, 0.5) is 0 Å². The van der Waals surface area contributed by atoms with E-state index in [2.05, 4.69) is 10.5 Å². The lowest BCUT2D eigenvalue weighted by Gasteiger charge is -2.05. The van der Waals surface area contributed by atoms with Gasteiger partial charge in [0, 0.05) is 23.6 Å². The number of carbonyl (C=O) groups excluding carboxylic acids is 1. The topological polar surface area (TPSA) is 46.4 Å². The van der Waals surface area contributed by atoms with E-state index in [4.69, 9.17) is 0 Å². The lowest BCUT2D eigenvalue weighted by Crippen LogP contribution is -2.19. The van der Waals surface area contributed by atoms with Crippen molar-refractivity contribution in [1.29, 1.82) is 0 Å². The largest absolute Gasteiger partial charge is 0.324 e. The van der Waals surface area contributed by atoms with Gasteiger partial charge in [0.15, 0.2) is 0 Å². The van der Waals surface area contributed by atoms with E-state index in [9.17, 15) is 4.79 Å². The second-order valence-electron chi connectivity index (χ2n) is 4.97. The molecule has 1 aromatic carbocycles. The molecule has 0 saturated heterocycles. The van der Waals surface area contributed by atoms with Gasteiger partial charge in [-0.05, 0) is 54.3 Å². The van der Waals surface area contributed by atoms with Crippen molar-refractivity contribution < 1.29 is 4.79 Å². The summed E-state index contributed by atoms with van der Waals surface area (Å²) in [6.45, 7) is 2.02. The first-order valence-corrected chi connectivity index (χ1v) is 8.30. The summed E-state index contributed by atoms with van der Waals surface area (Å²) in [6, 6.07) is 15.3. The zero-order chi connectivity index (χ0) is 16.1. The van der Waals surface area contributed by atoms with Crippen molar-refractivity contribution in [3.63, 3.8) is 0 Å². The second kappa shape index (κ2) is 7.07. The highest BCUT2D eigenvalue weighted by atomic mass is 32.1. The molecular weight excluding hydrogens is 306 g/mol. The molecule has 0 saturated carbocycles. The summed E-state index contributed by atoms with van der Waals surface area (Å²) < 4.78 is 1.99. The summed E-state index contributed by atoms with van der Waals surface area (Å²) >= 11 is 1.62. The number of rotatable bonds is 5. The minimum atomic E-state index is -0.202. The smallest absolute Gasteiger partial charge is 0.271 e. The Morgan fingerprint density at radius 1 is 1.13 bits per heavy atom. The van der Waals surface area contributed by atoms with Crippen LogP contribution in [0.2, 0.25) is 0 Å². The molecule has 23 heavy (non-hydrogen) atoms. The van der Waals surface area contributed by atoms with Crippen molar-refractivity contribution >= 4 is 23.0 Å². The number of aromatic nitrogens is 1. The Morgan fingerprint density at radius 3 is 2.48 bits per heavy atom. The average molecular weight is 323 g/mol. The predicted molar refractivity (Wildman–Crippen MR) is 94.4 cm³/mol. The fourth-order valence-corrected chi connectivity index (χ4v) is 3.01. The molecule has 0 bridgehead atoms. The van der Waals surface area contributed by atoms with E-state index in [1.165, 1.54) is 0 Å². The van der Waals surface area contributed by atoms with E-state index < -0.39 is 0 Å². The summed E-state index contributed by atoms with van der Waals surface area (Å²) in [5.41, 5.74) is 5.13. The molecule has 3 rings (SSSR count). The minimum absolute atomic E-state index is 0.202. The maximum atomic E-state index is 12.2. The first kappa shape index (κ1) is 15.2. The predicted octanol–water partition coefficient (Wildman–Crippen LogP) is 4.08. The van der Waals surface area contributed by atoms with Crippen molar-refractivity contribution in [2.45, 2.75) is 13.3 Å². The van der Waals surface area contributed by atoms with Crippen LogP contribution in [-0.4, -0.2) is 16.2 Å². The van der Waals surface area contributed by atoms with E-state index in [0.717, 1.165) is 22.7 Å². The number of hydrogen-bond donors (Lipinski definition) is 1. The third-order valence-electron chi connectivity index (χ3n) is 3.46. The van der Waals surface area contributed by atoms with Crippen LogP contribution >= 0.6 is 11.3 Å². The summed E-state index contributed by atoms with van der Waals surface area (Å²) in [7, 11) is 0. The Labute approximate surface area is 139 Å². The standard InChI is InChI=1S/C18H17N3OS/c1-2-16(17-6-5-13-23-17)19-20-18(22)14-7-9-15(10-8-14)21-11-3-4-12-21/h3-13H,2H2,1H3,(H,20,22). The van der Waals surface area contributed by atoms with Crippen LogP contribution < -0.4 is 5.43 Å². The minimum Gasteiger partial charge on any atom is -0.324 e. The number of nitrogens with one attached hydrogen (secondary N) is 1. The molecule has 2 aromatic heterocycles. The van der Waals surface area contributed by atoms with Crippen LogP contribution in [0, 0.1) is 0 Å². The highest BCUT2D eigenvalue weighted by Crippen LogP contribution is 2.12. The molecule has 116 valence electrons. The van der Waals surface area contributed by atoms with E-state index in [0.29, 0.717) is 5.56 Å². The zero-order valence-electron chi connectivity index (χ0n) is 12.8. The van der Waals surface area contributed by atoms with Crippen LogP contribution in [0.3, 0.4) is 0 Å². The molecule has 5 heteroatoms. The number of amides is 1. The maximum Gasteiger partial charge on any atom is 0.271 e. The molecular formula is C18H17N3OS. The van der Waals surface area contributed by atoms with Crippen molar-refractivity contribution in [2.24, 2.45) is 5.10 Å². The van der Waals surface area contributed by atoms with Gasteiger partial charge in [-0.3, -0.25) is 4.79 Å². The number of hydrazone groups is 1. The first-order valence-electron chi connectivity index (χ1n) is 7.42. The molecule has 3 aromatic rings. The quantitative estimate of drug-likeness (QED) is 0.558. The number of hydrogen-bond acceptors (Lipinski definition) is 3. The third-order valence-corrected chi connectivity index (χ3v) is 4.38. The average Bonchev–Trinajstić information content (AvgIpc) is 3.29. The van der Waals surface area contributed by atoms with Crippen LogP contribution in [0.5, 0.6) is 0 Å². The van der Waals surface area contributed by atoms with Crippen LogP contribution in [0.25, 0.3) is 5.69 Å². The van der Waals surface area contributed by atoms with E-state index in [1.807, 2.05) is 65.7 Å². The maximum absolute atomic E-state index is 12.2. The van der Waals surface area contributed by atoms with Gasteiger partial charge in [0.05, 0.1) is 10.6 Å². The van der Waals surface area contributed by atoms with Crippen LogP contribution in [0.15, 0.2) is 71.4 Å². The number of carbonyl (C=O) groups is 1. The molecule has 0 aliphatic carbocycles. The van der Waals surface area contributed by atoms with Gasteiger partial charge in [-0.2, -0.15) is 5.10 Å². The summed E-state index contributed by atoms with van der Waals surface area (Å²) in [6.07, 6.45) is 4.70. The zero-order valence-corrected chi connectivity index (χ0v) is 13.6. The Balaban J connectivity index is 1.71. The molecule has 1 amide bonds. The molecule has 2 heterocycles. The molecule has 0 unspecified atom stereocenters. The van der Waals surface area contributed by atoms with Gasteiger partial charge in [0.2, 0.25) is 0 Å². The lowest BCUT2D eigenvalue weighted by atomic mass is 10.2. The summed E-state index contributed by atoms with van der Waals surface area (Å²) in [5.74, 6) is -0.202. The van der Waals surface area contributed by atoms with Crippen LogP contribution in [-0.2, 0) is 0 Å². The third kappa shape index (κ3) is 3.57. The Hall–Kier alpha value is -2.66. The van der Waals surface area contributed by atoms with Gasteiger partial charge in [-0.1, -0.05) is 13.0 Å². The monoisotopic (exact) mass is 323 g/mol. The van der Waals surface area contributed by atoms with E-state index in [1.54, 1.807) is 23.5 Å². The molecule has 0 aliphatic heterocycles. The highest BCUT2D eigenvalue weighted by molar-refractivity contribution is 7.12. The first-order chi connectivity index (χ1) is 11.3. The van der Waals surface area contributed by atoms with Gasteiger partial charge < -0.3 is 4.57 Å². The Kier molecular flexibility index (Phi) is 4.68. The Morgan fingerprint density at radius 2 is 1.87 bits per heavy atom. The number of benzene rings is 1.